The summed E-state index contributed by atoms with van der Waals surface area (Å²) >= 11 is 0. The van der Waals surface area contributed by atoms with Crippen molar-refractivity contribution >= 4 is 37.1 Å². The number of hydrogen-bond donors (Lipinski definition) is 1. The van der Waals surface area contributed by atoms with Crippen molar-refractivity contribution in [1.82, 2.24) is 4.41 Å². The molecule has 4 rings (SSSR count). The molecule has 188 valence electrons. The van der Waals surface area contributed by atoms with Gasteiger partial charge in [-0.25, -0.2) is 12.8 Å². The molecule has 0 aliphatic carbocycles. The van der Waals surface area contributed by atoms with Crippen LogP contribution >= 0.6 is 0 Å². The van der Waals surface area contributed by atoms with Crippen molar-refractivity contribution in [1.29, 1.82) is 0 Å². The molecule has 0 amide bonds. The van der Waals surface area contributed by atoms with Crippen molar-refractivity contribution in [2.45, 2.75) is 24.3 Å². The van der Waals surface area contributed by atoms with E-state index < -0.39 is 36.8 Å². The second-order valence-corrected chi connectivity index (χ2v) is 11.7. The number of non-ortho nitro benzene ring substituents is 1. The van der Waals surface area contributed by atoms with Gasteiger partial charge in [-0.2, -0.15) is 17.9 Å². The van der Waals surface area contributed by atoms with Gasteiger partial charge in [0.15, 0.2) is 0 Å². The van der Waals surface area contributed by atoms with Crippen LogP contribution in [0.4, 0.5) is 15.8 Å². The second kappa shape index (κ2) is 9.66. The number of nitro benzene ring substituents is 1. The minimum absolute atomic E-state index is 0.0947. The van der Waals surface area contributed by atoms with E-state index in [2.05, 4.69) is 9.82 Å². The maximum Gasteiger partial charge on any atom is 0.279 e. The lowest BCUT2D eigenvalue weighted by atomic mass is 9.99. The summed E-state index contributed by atoms with van der Waals surface area (Å²) in [6, 6.07) is 15.3. The van der Waals surface area contributed by atoms with Crippen molar-refractivity contribution in [3.8, 4) is 0 Å². The monoisotopic (exact) mass is 532 g/mol. The normalized spacial score (nSPS) is 16.0. The fourth-order valence-corrected chi connectivity index (χ4v) is 5.75. The molecule has 0 spiro atoms. The van der Waals surface area contributed by atoms with Crippen molar-refractivity contribution < 1.29 is 26.1 Å². The summed E-state index contributed by atoms with van der Waals surface area (Å²) in [5.74, 6) is -0.698. The van der Waals surface area contributed by atoms with E-state index in [1.807, 2.05) is 0 Å². The summed E-state index contributed by atoms with van der Waals surface area (Å²) in [5, 5.41) is 15.6. The molecule has 0 aromatic heterocycles. The van der Waals surface area contributed by atoms with Crippen molar-refractivity contribution in [3.05, 3.63) is 99.9 Å². The predicted octanol–water partition coefficient (Wildman–Crippen LogP) is 4.04. The Balaban J connectivity index is 1.74. The first-order chi connectivity index (χ1) is 17.0. The number of hydrogen-bond acceptors (Lipinski definition) is 7. The molecular formula is C23H21FN4O6S2. The van der Waals surface area contributed by atoms with Gasteiger partial charge < -0.3 is 0 Å². The number of anilines is 1. The molecule has 0 fully saturated rings. The number of nitro groups is 1. The molecule has 36 heavy (non-hydrogen) atoms. The minimum Gasteiger partial charge on any atom is -0.284 e. The Hall–Kier alpha value is -3.84. The standard InChI is InChI=1S/C23H21FN4O6S2/c1-2-35(31,32)26-19-10-6-16(7-11-19)22-15-23(17-4-3-5-20(14-17)28(29)30)27(25-22)36(33,34)21-12-8-18(24)9-13-21/h3-14,23,26H,2,15H2,1H3. The van der Waals surface area contributed by atoms with Crippen LogP contribution in [0.1, 0.15) is 30.5 Å². The molecule has 0 bridgehead atoms. The molecule has 1 aliphatic heterocycles. The van der Waals surface area contributed by atoms with Crippen LogP contribution in [-0.2, 0) is 20.0 Å². The molecule has 1 N–H and O–H groups in total. The van der Waals surface area contributed by atoms with E-state index in [-0.39, 0.29) is 22.8 Å². The molecular weight excluding hydrogens is 511 g/mol. The summed E-state index contributed by atoms with van der Waals surface area (Å²) in [4.78, 5) is 10.5. The number of halogens is 1. The fourth-order valence-electron chi connectivity index (χ4n) is 3.68. The van der Waals surface area contributed by atoms with E-state index >= 15 is 0 Å². The second-order valence-electron chi connectivity index (χ2n) is 7.93. The van der Waals surface area contributed by atoms with Gasteiger partial charge in [-0.05, 0) is 54.4 Å². The lowest BCUT2D eigenvalue weighted by molar-refractivity contribution is -0.384. The van der Waals surface area contributed by atoms with Crippen LogP contribution in [0.25, 0.3) is 0 Å². The Morgan fingerprint density at radius 3 is 2.33 bits per heavy atom. The van der Waals surface area contributed by atoms with Crippen LogP contribution in [0.15, 0.2) is 82.8 Å². The number of nitrogens with zero attached hydrogens (tertiary/aromatic N) is 3. The molecule has 0 radical (unpaired) electrons. The molecule has 3 aromatic carbocycles. The summed E-state index contributed by atoms with van der Waals surface area (Å²) in [6.07, 6.45) is 0.0988. The lowest BCUT2D eigenvalue weighted by Crippen LogP contribution is -2.27. The van der Waals surface area contributed by atoms with Crippen LogP contribution in [-0.4, -0.2) is 37.6 Å². The molecule has 1 aliphatic rings. The van der Waals surface area contributed by atoms with Gasteiger partial charge in [0.25, 0.3) is 15.7 Å². The van der Waals surface area contributed by atoms with Gasteiger partial charge in [0.05, 0.1) is 27.3 Å². The van der Waals surface area contributed by atoms with Gasteiger partial charge in [-0.1, -0.05) is 24.3 Å². The topological polar surface area (TPSA) is 139 Å². The highest BCUT2D eigenvalue weighted by molar-refractivity contribution is 7.92. The van der Waals surface area contributed by atoms with Crippen LogP contribution in [0.3, 0.4) is 0 Å². The summed E-state index contributed by atoms with van der Waals surface area (Å²) in [5.41, 5.74) is 1.42. The summed E-state index contributed by atoms with van der Waals surface area (Å²) < 4.78 is 67.3. The molecule has 0 saturated heterocycles. The predicted molar refractivity (Wildman–Crippen MR) is 132 cm³/mol. The van der Waals surface area contributed by atoms with Crippen molar-refractivity contribution in [2.24, 2.45) is 5.10 Å². The average Bonchev–Trinajstić information content (AvgIpc) is 3.31. The Labute approximate surface area is 207 Å². The van der Waals surface area contributed by atoms with E-state index in [0.29, 0.717) is 22.5 Å². The zero-order chi connectivity index (χ0) is 26.1. The number of rotatable bonds is 8. The number of benzene rings is 3. The fraction of sp³-hybridized carbons (Fsp3) is 0.174. The van der Waals surface area contributed by atoms with E-state index in [1.54, 1.807) is 18.2 Å². The van der Waals surface area contributed by atoms with Crippen molar-refractivity contribution in [3.63, 3.8) is 0 Å². The molecule has 1 unspecified atom stereocenters. The number of sulfonamides is 2. The zero-order valence-electron chi connectivity index (χ0n) is 18.9. The molecule has 0 saturated carbocycles. The van der Waals surface area contributed by atoms with Crippen LogP contribution in [0.5, 0.6) is 0 Å². The van der Waals surface area contributed by atoms with Gasteiger partial charge in [-0.15, -0.1) is 0 Å². The van der Waals surface area contributed by atoms with Gasteiger partial charge in [-0.3, -0.25) is 14.8 Å². The summed E-state index contributed by atoms with van der Waals surface area (Å²) in [7, 11) is -7.72. The van der Waals surface area contributed by atoms with Gasteiger partial charge in [0.2, 0.25) is 10.0 Å². The highest BCUT2D eigenvalue weighted by atomic mass is 32.2. The molecule has 1 heterocycles. The van der Waals surface area contributed by atoms with Crippen molar-refractivity contribution in [2.75, 3.05) is 10.5 Å². The maximum absolute atomic E-state index is 13.5. The van der Waals surface area contributed by atoms with Gasteiger partial charge in [0.1, 0.15) is 5.82 Å². The smallest absolute Gasteiger partial charge is 0.279 e. The third-order valence-corrected chi connectivity index (χ3v) is 8.57. The van der Waals surface area contributed by atoms with Gasteiger partial charge >= 0.3 is 0 Å². The van der Waals surface area contributed by atoms with E-state index in [4.69, 9.17) is 0 Å². The van der Waals surface area contributed by atoms with Gasteiger partial charge in [0, 0.05) is 24.2 Å². The third kappa shape index (κ3) is 5.21. The largest absolute Gasteiger partial charge is 0.284 e. The highest BCUT2D eigenvalue weighted by Crippen LogP contribution is 2.38. The Bertz CT molecular complexity index is 1540. The molecule has 13 heteroatoms. The highest BCUT2D eigenvalue weighted by Gasteiger charge is 2.38. The first kappa shape index (κ1) is 25.3. The third-order valence-electron chi connectivity index (χ3n) is 5.57. The quantitative estimate of drug-likeness (QED) is 0.343. The SMILES string of the molecule is CCS(=O)(=O)Nc1ccc(C2=NN(S(=O)(=O)c3ccc(F)cc3)C(c3cccc([N+](=O)[O-])c3)C2)cc1. The first-order valence-electron chi connectivity index (χ1n) is 10.7. The molecule has 3 aromatic rings. The molecule has 10 nitrogen and oxygen atoms in total. The zero-order valence-corrected chi connectivity index (χ0v) is 20.5. The van der Waals surface area contributed by atoms with Crippen LogP contribution in [0.2, 0.25) is 0 Å². The summed E-state index contributed by atoms with van der Waals surface area (Å²) in [6.45, 7) is 1.51. The minimum atomic E-state index is -4.24. The maximum atomic E-state index is 13.5. The first-order valence-corrected chi connectivity index (χ1v) is 13.8. The Morgan fingerprint density at radius 2 is 1.72 bits per heavy atom. The average molecular weight is 533 g/mol. The lowest BCUT2D eigenvalue weighted by Gasteiger charge is -2.23. The van der Waals surface area contributed by atoms with Crippen LogP contribution < -0.4 is 4.72 Å². The number of nitrogens with one attached hydrogen (secondary N) is 1. The van der Waals surface area contributed by atoms with E-state index in [0.717, 1.165) is 28.7 Å². The van der Waals surface area contributed by atoms with Crippen LogP contribution in [0, 0.1) is 15.9 Å². The van der Waals surface area contributed by atoms with E-state index in [9.17, 15) is 31.3 Å². The Morgan fingerprint density at radius 1 is 1.06 bits per heavy atom. The van der Waals surface area contributed by atoms with E-state index in [1.165, 1.54) is 37.3 Å². The number of hydrazone groups is 1. The molecule has 1 atom stereocenters. The Kier molecular flexibility index (Phi) is 6.78.